The fraction of sp³-hybridized carbons (Fsp3) is 0.423. The van der Waals surface area contributed by atoms with E-state index in [4.69, 9.17) is 20.0 Å². The second kappa shape index (κ2) is 8.94. The summed E-state index contributed by atoms with van der Waals surface area (Å²) in [5, 5.41) is 12.0. The molecule has 4 N–H and O–H groups in total. The molecular formula is C26H28FN3O7S. The molecule has 202 valence electrons. The number of cyclic esters (lactones) is 1. The number of nitrogens with zero attached hydrogens (tertiary/aromatic N) is 2. The highest BCUT2D eigenvalue weighted by Gasteiger charge is 2.45. The molecule has 12 heteroatoms. The van der Waals surface area contributed by atoms with Gasteiger partial charge in [-0.05, 0) is 55.4 Å². The minimum atomic E-state index is -3.67. The number of aryl methyl sites for hydroxylation is 1. The maximum Gasteiger partial charge on any atom is 0.343 e. The van der Waals surface area contributed by atoms with Gasteiger partial charge in [0.25, 0.3) is 15.7 Å². The van der Waals surface area contributed by atoms with Crippen LogP contribution in [0, 0.1) is 12.7 Å². The Hall–Kier alpha value is -3.19. The second-order valence-electron chi connectivity index (χ2n) is 10.0. The number of hydrogen-bond acceptors (Lipinski definition) is 8. The van der Waals surface area contributed by atoms with E-state index in [2.05, 4.69) is 0 Å². The van der Waals surface area contributed by atoms with Crippen LogP contribution >= 0.6 is 0 Å². The van der Waals surface area contributed by atoms with Crippen LogP contribution < -0.4 is 11.3 Å². The van der Waals surface area contributed by atoms with Crippen molar-refractivity contribution in [3.63, 3.8) is 0 Å². The number of rotatable bonds is 1. The highest BCUT2D eigenvalue weighted by molar-refractivity contribution is 7.85. The van der Waals surface area contributed by atoms with Crippen LogP contribution in [0.25, 0.3) is 22.3 Å². The zero-order valence-corrected chi connectivity index (χ0v) is 22.0. The SMILES string of the molecule is CC[C@@]1(O)C(=O)OCc2c1cc1n(c2=O)Cc2c-1nc1cc(F)c(C)c3c1c2[C@H](N)CCC3.CS(=O)(=O)O. The number of carbonyl (C=O) groups excluding carboxylic acids is 1. The minimum Gasteiger partial charge on any atom is -0.458 e. The van der Waals surface area contributed by atoms with E-state index in [1.165, 1.54) is 6.07 Å². The Labute approximate surface area is 218 Å². The van der Waals surface area contributed by atoms with Crippen molar-refractivity contribution in [2.75, 3.05) is 6.26 Å². The van der Waals surface area contributed by atoms with Gasteiger partial charge in [-0.3, -0.25) is 9.35 Å². The predicted molar refractivity (Wildman–Crippen MR) is 137 cm³/mol. The Morgan fingerprint density at radius 1 is 1.26 bits per heavy atom. The first-order chi connectivity index (χ1) is 17.8. The van der Waals surface area contributed by atoms with Crippen molar-refractivity contribution in [3.05, 3.63) is 61.7 Å². The molecule has 0 amide bonds. The first-order valence-corrected chi connectivity index (χ1v) is 14.1. The van der Waals surface area contributed by atoms with E-state index in [9.17, 15) is 27.5 Å². The van der Waals surface area contributed by atoms with Crippen molar-refractivity contribution in [3.8, 4) is 11.4 Å². The van der Waals surface area contributed by atoms with E-state index in [1.807, 2.05) is 0 Å². The third-order valence-corrected chi connectivity index (χ3v) is 7.66. The number of carbonyl (C=O) groups is 1. The molecule has 2 aliphatic heterocycles. The van der Waals surface area contributed by atoms with Crippen LogP contribution in [0.15, 0.2) is 16.9 Å². The van der Waals surface area contributed by atoms with Crippen LogP contribution in [0.2, 0.25) is 0 Å². The second-order valence-corrected chi connectivity index (χ2v) is 11.5. The van der Waals surface area contributed by atoms with E-state index >= 15 is 0 Å². The Morgan fingerprint density at radius 2 is 1.95 bits per heavy atom. The van der Waals surface area contributed by atoms with Gasteiger partial charge in [0.05, 0.1) is 35.3 Å². The first-order valence-electron chi connectivity index (χ1n) is 12.3. The van der Waals surface area contributed by atoms with Crippen molar-refractivity contribution in [1.82, 2.24) is 9.55 Å². The molecule has 10 nitrogen and oxygen atoms in total. The molecule has 0 fully saturated rings. The highest BCUT2D eigenvalue weighted by Crippen LogP contribution is 2.44. The number of ether oxygens (including phenoxy) is 1. The van der Waals surface area contributed by atoms with Crippen LogP contribution in [-0.4, -0.2) is 39.9 Å². The van der Waals surface area contributed by atoms with Gasteiger partial charge in [-0.1, -0.05) is 6.92 Å². The molecule has 0 radical (unpaired) electrons. The van der Waals surface area contributed by atoms with E-state index in [1.54, 1.807) is 24.5 Å². The largest absolute Gasteiger partial charge is 0.458 e. The molecule has 1 aromatic carbocycles. The molecule has 0 bridgehead atoms. The topological polar surface area (TPSA) is 162 Å². The van der Waals surface area contributed by atoms with Crippen LogP contribution in [-0.2, 0) is 44.8 Å². The van der Waals surface area contributed by atoms with Gasteiger partial charge in [-0.25, -0.2) is 14.2 Å². The zero-order valence-electron chi connectivity index (χ0n) is 21.2. The number of esters is 1. The Morgan fingerprint density at radius 3 is 2.61 bits per heavy atom. The minimum absolute atomic E-state index is 0.0731. The summed E-state index contributed by atoms with van der Waals surface area (Å²) in [6, 6.07) is 2.85. The lowest BCUT2D eigenvalue weighted by atomic mass is 9.86. The number of fused-ring (bicyclic) bond motifs is 5. The molecule has 6 rings (SSSR count). The molecule has 3 aliphatic rings. The van der Waals surface area contributed by atoms with Crippen LogP contribution in [0.3, 0.4) is 0 Å². The quantitative estimate of drug-likeness (QED) is 0.241. The van der Waals surface area contributed by atoms with Crippen LogP contribution in [0.4, 0.5) is 4.39 Å². The van der Waals surface area contributed by atoms with Gasteiger partial charge in [0.15, 0.2) is 5.60 Å². The third kappa shape index (κ3) is 4.03. The normalized spacial score (nSPS) is 21.6. The predicted octanol–water partition coefficient (Wildman–Crippen LogP) is 2.37. The fourth-order valence-corrected chi connectivity index (χ4v) is 5.79. The van der Waals surface area contributed by atoms with Gasteiger partial charge in [-0.2, -0.15) is 8.42 Å². The molecule has 0 saturated carbocycles. The van der Waals surface area contributed by atoms with E-state index in [0.29, 0.717) is 28.7 Å². The summed E-state index contributed by atoms with van der Waals surface area (Å²) < 4.78 is 47.4. The molecule has 38 heavy (non-hydrogen) atoms. The summed E-state index contributed by atoms with van der Waals surface area (Å²) in [5.41, 5.74) is 9.87. The van der Waals surface area contributed by atoms with E-state index in [0.717, 1.165) is 41.3 Å². The number of pyridine rings is 2. The number of nitrogens with two attached hydrogens (primary N) is 1. The summed E-state index contributed by atoms with van der Waals surface area (Å²) in [7, 11) is -3.67. The maximum atomic E-state index is 14.8. The average molecular weight is 546 g/mol. The number of hydrogen-bond donors (Lipinski definition) is 3. The summed E-state index contributed by atoms with van der Waals surface area (Å²) >= 11 is 0. The molecule has 2 aromatic heterocycles. The average Bonchev–Trinajstić information content (AvgIpc) is 3.10. The summed E-state index contributed by atoms with van der Waals surface area (Å²) in [5.74, 6) is -1.07. The lowest BCUT2D eigenvalue weighted by Crippen LogP contribution is -2.44. The molecular weight excluding hydrogens is 517 g/mol. The number of aromatic nitrogens is 2. The van der Waals surface area contributed by atoms with Gasteiger partial charge in [-0.15, -0.1) is 0 Å². The fourth-order valence-electron chi connectivity index (χ4n) is 5.79. The molecule has 2 atom stereocenters. The Balaban J connectivity index is 0.000000540. The monoisotopic (exact) mass is 545 g/mol. The van der Waals surface area contributed by atoms with Gasteiger partial charge in [0.2, 0.25) is 0 Å². The van der Waals surface area contributed by atoms with Gasteiger partial charge in [0.1, 0.15) is 12.4 Å². The van der Waals surface area contributed by atoms with Crippen molar-refractivity contribution in [2.24, 2.45) is 5.73 Å². The van der Waals surface area contributed by atoms with Crippen molar-refractivity contribution < 1.29 is 32.0 Å². The highest BCUT2D eigenvalue weighted by atomic mass is 32.2. The first kappa shape index (κ1) is 26.4. The van der Waals surface area contributed by atoms with Gasteiger partial charge in [0, 0.05) is 28.6 Å². The molecule has 0 saturated heterocycles. The van der Waals surface area contributed by atoms with Crippen LogP contribution in [0.1, 0.15) is 65.6 Å². The van der Waals surface area contributed by atoms with Gasteiger partial charge < -0.3 is 20.1 Å². The number of benzene rings is 1. The Kier molecular flexibility index (Phi) is 6.21. The smallest absolute Gasteiger partial charge is 0.343 e. The molecule has 1 aliphatic carbocycles. The lowest BCUT2D eigenvalue weighted by Gasteiger charge is -2.31. The molecule has 3 aromatic rings. The van der Waals surface area contributed by atoms with Crippen LogP contribution in [0.5, 0.6) is 0 Å². The van der Waals surface area contributed by atoms with Crippen molar-refractivity contribution in [2.45, 2.75) is 64.3 Å². The standard InChI is InChI=1S/C25H24FN3O4.CH4O3S/c1-3-25(32)15-7-19-22-13(9-29(19)23(30)14(15)10-33-24(25)31)20-17(27)6-4-5-12-11(2)16(26)8-18(28-22)21(12)20;1-5(2,3)4/h7-8,17,32H,3-6,9-10,27H2,1-2H3;1H3,(H,2,3,4)/t17-,25+;/m1./s1. The van der Waals surface area contributed by atoms with Crippen molar-refractivity contribution >= 4 is 27.0 Å². The zero-order chi connectivity index (χ0) is 27.7. The summed E-state index contributed by atoms with van der Waals surface area (Å²) in [4.78, 5) is 30.6. The number of aliphatic hydroxyl groups is 1. The number of halogens is 1. The molecule has 0 spiro atoms. The maximum absolute atomic E-state index is 14.8. The van der Waals surface area contributed by atoms with E-state index in [-0.39, 0.29) is 48.1 Å². The summed E-state index contributed by atoms with van der Waals surface area (Å²) in [6.07, 6.45) is 3.11. The van der Waals surface area contributed by atoms with Gasteiger partial charge >= 0.3 is 5.97 Å². The van der Waals surface area contributed by atoms with Crippen molar-refractivity contribution in [1.29, 1.82) is 0 Å². The lowest BCUT2D eigenvalue weighted by molar-refractivity contribution is -0.172. The summed E-state index contributed by atoms with van der Waals surface area (Å²) in [6.45, 7) is 3.56. The molecule has 0 unspecified atom stereocenters. The molecule has 4 heterocycles. The van der Waals surface area contributed by atoms with E-state index < -0.39 is 21.7 Å². The Bertz CT molecular complexity index is 1690. The third-order valence-electron chi connectivity index (χ3n) is 7.66.